The lowest BCUT2D eigenvalue weighted by atomic mass is 10.1. The van der Waals surface area contributed by atoms with Crippen molar-refractivity contribution in [2.75, 3.05) is 65.3 Å². The number of hydrogen-bond donors (Lipinski definition) is 4. The number of imidazole rings is 2. The van der Waals surface area contributed by atoms with Gasteiger partial charge in [-0.05, 0) is 83.7 Å². The zero-order chi connectivity index (χ0) is 48.4. The van der Waals surface area contributed by atoms with Gasteiger partial charge >= 0.3 is 0 Å². The van der Waals surface area contributed by atoms with Gasteiger partial charge in [-0.25, -0.2) is 19.3 Å². The minimum absolute atomic E-state index is 0.106. The van der Waals surface area contributed by atoms with Crippen molar-refractivity contribution < 1.29 is 28.7 Å². The van der Waals surface area contributed by atoms with E-state index in [-0.39, 0.29) is 58.5 Å². The molecule has 21 heteroatoms. The Morgan fingerprint density at radius 3 is 1.72 bits per heavy atom. The van der Waals surface area contributed by atoms with Gasteiger partial charge in [0, 0.05) is 87.7 Å². The van der Waals surface area contributed by atoms with Crippen LogP contribution in [0.15, 0.2) is 86.8 Å². The van der Waals surface area contributed by atoms with Gasteiger partial charge in [0.05, 0.1) is 37.4 Å². The number of aromatic nitrogens is 8. The molecule has 67 heavy (non-hydrogen) atoms. The Morgan fingerprint density at radius 2 is 1.25 bits per heavy atom. The number of anilines is 2. The fraction of sp³-hybridized carbons (Fsp3) is 0.304. The molecule has 2 fully saturated rings. The van der Waals surface area contributed by atoms with Gasteiger partial charge in [0.15, 0.2) is 5.69 Å². The van der Waals surface area contributed by atoms with Crippen LogP contribution >= 0.6 is 22.6 Å². The van der Waals surface area contributed by atoms with Crippen LogP contribution in [0.3, 0.4) is 0 Å². The third-order valence-electron chi connectivity index (χ3n) is 11.1. The second-order valence-electron chi connectivity index (χ2n) is 15.2. The first-order valence-electron chi connectivity index (χ1n) is 20.8. The van der Waals surface area contributed by atoms with E-state index in [1.807, 2.05) is 57.9 Å². The molecule has 8 heterocycles. The lowest BCUT2D eigenvalue weighted by molar-refractivity contribution is -0.128. The number of nitrogens with two attached hydrogens (primary N) is 2. The van der Waals surface area contributed by atoms with Gasteiger partial charge in [-0.15, -0.1) is 6.42 Å². The molecule has 0 spiro atoms. The molecule has 0 radical (unpaired) electrons. The van der Waals surface area contributed by atoms with Gasteiger partial charge in [0.2, 0.25) is 11.8 Å². The van der Waals surface area contributed by atoms with Gasteiger partial charge in [-0.2, -0.15) is 10.2 Å². The van der Waals surface area contributed by atoms with Gasteiger partial charge < -0.3 is 50.2 Å². The third kappa shape index (κ3) is 10.8. The molecule has 0 saturated carbocycles. The zero-order valence-corrected chi connectivity index (χ0v) is 39.6. The van der Waals surface area contributed by atoms with E-state index < -0.39 is 11.8 Å². The van der Waals surface area contributed by atoms with Crippen molar-refractivity contribution in [1.82, 2.24) is 48.1 Å². The summed E-state index contributed by atoms with van der Waals surface area (Å²) in [4.78, 5) is 60.2. The van der Waals surface area contributed by atoms with E-state index in [4.69, 9.17) is 27.4 Å². The van der Waals surface area contributed by atoms with Crippen molar-refractivity contribution in [1.29, 1.82) is 0 Å². The number of carbonyl (C=O) groups excluding carboxylic acids is 4. The van der Waals surface area contributed by atoms with E-state index in [0.29, 0.717) is 50.8 Å². The summed E-state index contributed by atoms with van der Waals surface area (Å²) in [5.74, 6) is 7.70. The van der Waals surface area contributed by atoms with E-state index in [9.17, 15) is 19.2 Å². The Hall–Kier alpha value is -7.47. The molecule has 6 aromatic rings. The van der Waals surface area contributed by atoms with Crippen LogP contribution in [0, 0.1) is 27.8 Å². The number of fused-ring (bicyclic) bond motifs is 2. The van der Waals surface area contributed by atoms with Gasteiger partial charge in [0.1, 0.15) is 39.8 Å². The second-order valence-corrected chi connectivity index (χ2v) is 16.4. The van der Waals surface area contributed by atoms with Crippen molar-refractivity contribution in [3.63, 3.8) is 0 Å². The average molecular weight is 1020 g/mol. The highest BCUT2D eigenvalue weighted by Gasteiger charge is 2.39. The minimum Gasteiger partial charge on any atom is -0.383 e. The molecular formula is C46H51IN14O6. The first-order valence-corrected chi connectivity index (χ1v) is 21.9. The number of nitrogens with zero attached hydrogens (tertiary/aromatic N) is 10. The molecule has 0 aromatic carbocycles. The molecule has 0 aliphatic carbocycles. The minimum atomic E-state index is -0.649. The Balaban J connectivity index is 0.000000189. The fourth-order valence-electron chi connectivity index (χ4n) is 8.16. The average Bonchev–Trinajstić information content (AvgIpc) is 4.19. The summed E-state index contributed by atoms with van der Waals surface area (Å²) < 4.78 is 18.9. The number of carbonyl (C=O) groups is 4. The van der Waals surface area contributed by atoms with Crippen molar-refractivity contribution in [3.8, 4) is 24.2 Å². The van der Waals surface area contributed by atoms with Crippen LogP contribution in [-0.2, 0) is 19.1 Å². The summed E-state index contributed by atoms with van der Waals surface area (Å²) in [5.41, 5.74) is 14.5. The number of halogens is 1. The molecule has 20 nitrogen and oxygen atoms in total. The largest absolute Gasteiger partial charge is 0.383 e. The first-order chi connectivity index (χ1) is 32.3. The van der Waals surface area contributed by atoms with E-state index in [2.05, 4.69) is 84.3 Å². The highest BCUT2D eigenvalue weighted by Crippen LogP contribution is 2.34. The van der Waals surface area contributed by atoms with Crippen LogP contribution in [0.1, 0.15) is 62.6 Å². The lowest BCUT2D eigenvalue weighted by Crippen LogP contribution is -2.37. The maximum absolute atomic E-state index is 12.3. The molecule has 4 amide bonds. The van der Waals surface area contributed by atoms with Crippen LogP contribution in [0.5, 0.6) is 0 Å². The summed E-state index contributed by atoms with van der Waals surface area (Å²) in [5, 5.41) is 14.9. The van der Waals surface area contributed by atoms with Gasteiger partial charge in [0.25, 0.3) is 11.8 Å². The number of pyridine rings is 2. The quantitative estimate of drug-likeness (QED) is 0.0787. The summed E-state index contributed by atoms with van der Waals surface area (Å²) in [6.07, 6.45) is 20.4. The molecule has 8 rings (SSSR count). The van der Waals surface area contributed by atoms with Crippen molar-refractivity contribution in [3.05, 3.63) is 118 Å². The summed E-state index contributed by atoms with van der Waals surface area (Å²) in [6.45, 7) is 8.72. The highest BCUT2D eigenvalue weighted by molar-refractivity contribution is 14.1. The number of amides is 4. The Bertz CT molecular complexity index is 2910. The van der Waals surface area contributed by atoms with E-state index in [1.165, 1.54) is 15.7 Å². The van der Waals surface area contributed by atoms with Gasteiger partial charge in [-0.1, -0.05) is 19.1 Å². The standard InChI is InChI=1S/C23H25N7O3.C16H21N5O3.C7H5IN2/c1-4-20(31)29-13-16(11-17(29)14-33-3)30-23(25-2)21(22(24)32)18(27-30)7-5-15-6-8-19-26-9-10-28(19)12-15;1-5-12-14(15(17)23)16(18-3)21(19-12)10-7-11(9-24-4)20(8-10)13(22)6-2;8-6-1-2-7-9-3-4-10(7)5-6/h4,6,8-10,12,16-17,25H,1,11,13-14H2,2-3H3,(H2,24,32);1,6,10-11,18H,2,7-9H2,3-4H3,(H2,17,23);1-5H/t16-,17+;10-,11+;/m00./s1. The number of ether oxygens (including phenoxy) is 2. The number of nitrogens with one attached hydrogen (secondary N) is 2. The second kappa shape index (κ2) is 22.1. The van der Waals surface area contributed by atoms with E-state index in [1.54, 1.807) is 59.9 Å². The molecule has 0 bridgehead atoms. The summed E-state index contributed by atoms with van der Waals surface area (Å²) in [7, 11) is 6.53. The van der Waals surface area contributed by atoms with E-state index >= 15 is 0 Å². The molecule has 2 aliphatic heterocycles. The number of primary amides is 2. The van der Waals surface area contributed by atoms with Crippen molar-refractivity contribution in [2.24, 2.45) is 11.5 Å². The molecular weight excluding hydrogens is 972 g/mol. The maximum Gasteiger partial charge on any atom is 0.255 e. The first kappa shape index (κ1) is 49.0. The molecule has 2 saturated heterocycles. The Labute approximate surface area is 400 Å². The predicted molar refractivity (Wildman–Crippen MR) is 260 cm³/mol. The molecule has 4 atom stereocenters. The van der Waals surface area contributed by atoms with Crippen LogP contribution < -0.4 is 22.1 Å². The molecule has 6 aromatic heterocycles. The number of likely N-dealkylation sites (tertiary alicyclic amines) is 2. The Kier molecular flexibility index (Phi) is 16.2. The summed E-state index contributed by atoms with van der Waals surface area (Å²) in [6, 6.07) is 7.17. The topological polar surface area (TPSA) is 240 Å². The van der Waals surface area contributed by atoms with Gasteiger partial charge in [-0.3, -0.25) is 19.2 Å². The smallest absolute Gasteiger partial charge is 0.255 e. The van der Waals surface area contributed by atoms with Crippen molar-refractivity contribution >= 4 is 69.1 Å². The lowest BCUT2D eigenvalue weighted by Gasteiger charge is -2.22. The molecule has 348 valence electrons. The fourth-order valence-corrected chi connectivity index (χ4v) is 8.64. The SMILES string of the molecule is C#Cc1nn([C@H]2C[C@H](COC)N(C(=O)C=C)C2)c(NC)c1C(N)=O.C=CC(=O)N1C[C@@H](n2nc(C#Cc3ccc4nccn4c3)c(C(N)=O)c2NC)C[C@@H]1COC.Ic1ccc2nccn2c1. The normalized spacial score (nSPS) is 17.3. The number of terminal acetylenes is 1. The molecule has 6 N–H and O–H groups in total. The van der Waals surface area contributed by atoms with Crippen LogP contribution in [-0.4, -0.2) is 138 Å². The monoisotopic (exact) mass is 1020 g/mol. The highest BCUT2D eigenvalue weighted by atomic mass is 127. The van der Waals surface area contributed by atoms with Crippen LogP contribution in [0.4, 0.5) is 11.6 Å². The maximum atomic E-state index is 12.3. The van der Waals surface area contributed by atoms with Crippen LogP contribution in [0.2, 0.25) is 0 Å². The van der Waals surface area contributed by atoms with Crippen molar-refractivity contribution in [2.45, 2.75) is 37.0 Å². The number of hydrogen-bond acceptors (Lipinski definition) is 12. The summed E-state index contributed by atoms with van der Waals surface area (Å²) >= 11 is 2.28. The predicted octanol–water partition coefficient (Wildman–Crippen LogP) is 2.96. The Morgan fingerprint density at radius 1 is 0.776 bits per heavy atom. The number of rotatable bonds is 12. The number of methoxy groups -OCH3 is 2. The zero-order valence-electron chi connectivity index (χ0n) is 37.4. The third-order valence-corrected chi connectivity index (χ3v) is 11.7. The van der Waals surface area contributed by atoms with Crippen LogP contribution in [0.25, 0.3) is 11.3 Å². The van der Waals surface area contributed by atoms with E-state index in [0.717, 1.165) is 16.9 Å². The molecule has 2 aliphatic rings. The molecule has 0 unspecified atom stereocenters.